The van der Waals surface area contributed by atoms with Gasteiger partial charge in [0, 0.05) is 18.9 Å². The lowest BCUT2D eigenvalue weighted by atomic mass is 10.1. The molecule has 0 atom stereocenters. The van der Waals surface area contributed by atoms with Gasteiger partial charge < -0.3 is 4.74 Å². The zero-order valence-corrected chi connectivity index (χ0v) is 13.6. The molecule has 0 saturated heterocycles. The topological polar surface area (TPSA) is 61.2 Å². The van der Waals surface area contributed by atoms with E-state index in [4.69, 9.17) is 27.9 Å². The number of rotatable bonds is 3. The van der Waals surface area contributed by atoms with Crippen LogP contribution in [0.25, 0.3) is 11.3 Å². The zero-order valence-electron chi connectivity index (χ0n) is 11.3. The van der Waals surface area contributed by atoms with Crippen LogP contribution in [-0.4, -0.2) is 31.6 Å². The highest BCUT2D eigenvalue weighted by atomic mass is 35.5. The van der Waals surface area contributed by atoms with Crippen LogP contribution in [0.4, 0.5) is 4.39 Å². The summed E-state index contributed by atoms with van der Waals surface area (Å²) in [7, 11) is -0.806. The first-order chi connectivity index (χ1) is 9.66. The first-order valence-electron chi connectivity index (χ1n) is 5.62. The second-order valence-electron chi connectivity index (χ2n) is 4.33. The van der Waals surface area contributed by atoms with Crippen LogP contribution in [0.3, 0.4) is 0 Å². The quantitative estimate of drug-likeness (QED) is 0.851. The van der Waals surface area contributed by atoms with Gasteiger partial charge in [-0.3, -0.25) is 4.68 Å². The highest BCUT2D eigenvalue weighted by molar-refractivity contribution is 7.90. The molecule has 0 N–H and O–H groups in total. The fourth-order valence-corrected chi connectivity index (χ4v) is 3.78. The smallest absolute Gasteiger partial charge is 0.193 e. The summed E-state index contributed by atoms with van der Waals surface area (Å²) in [5.74, 6) is -0.448. The van der Waals surface area contributed by atoms with E-state index < -0.39 is 15.7 Å². The average molecular weight is 353 g/mol. The Morgan fingerprint density at radius 3 is 2.43 bits per heavy atom. The summed E-state index contributed by atoms with van der Waals surface area (Å²) < 4.78 is 43.6. The molecule has 0 radical (unpaired) electrons. The zero-order chi connectivity index (χ0) is 15.9. The molecule has 0 spiro atoms. The van der Waals surface area contributed by atoms with Gasteiger partial charge in [0.2, 0.25) is 0 Å². The third-order valence-corrected chi connectivity index (χ3v) is 4.72. The van der Waals surface area contributed by atoms with Crippen molar-refractivity contribution in [1.29, 1.82) is 0 Å². The number of nitrogens with zero attached hydrogens (tertiary/aromatic N) is 2. The van der Waals surface area contributed by atoms with E-state index in [2.05, 4.69) is 5.10 Å². The minimum atomic E-state index is -3.60. The molecule has 0 amide bonds. The van der Waals surface area contributed by atoms with Gasteiger partial charge in [-0.15, -0.1) is 0 Å². The van der Waals surface area contributed by atoms with Crippen molar-refractivity contribution in [2.24, 2.45) is 7.05 Å². The SMILES string of the molecule is COc1cc(-c2nn(C)c(S(C)(=O)=O)c2Cl)c(F)cc1Cl. The number of ether oxygens (including phenoxy) is 1. The molecule has 2 rings (SSSR count). The molecule has 114 valence electrons. The van der Waals surface area contributed by atoms with E-state index in [0.717, 1.165) is 17.0 Å². The maximum absolute atomic E-state index is 14.1. The Kier molecular flexibility index (Phi) is 4.19. The monoisotopic (exact) mass is 352 g/mol. The van der Waals surface area contributed by atoms with Crippen molar-refractivity contribution in [3.8, 4) is 17.0 Å². The molecule has 0 aliphatic rings. The third kappa shape index (κ3) is 2.86. The lowest BCUT2D eigenvalue weighted by Crippen LogP contribution is -2.05. The Balaban J connectivity index is 2.75. The molecule has 1 heterocycles. The standard InChI is InChI=1S/C12H11Cl2FN2O3S/c1-17-12(21(3,18)19)10(14)11(16-17)6-4-9(20-2)7(13)5-8(6)15/h4-5H,1-3H3. The summed E-state index contributed by atoms with van der Waals surface area (Å²) in [4.78, 5) is 0. The van der Waals surface area contributed by atoms with Gasteiger partial charge in [-0.2, -0.15) is 5.10 Å². The largest absolute Gasteiger partial charge is 0.495 e. The van der Waals surface area contributed by atoms with Crippen molar-refractivity contribution in [2.75, 3.05) is 13.4 Å². The number of halogens is 3. The van der Waals surface area contributed by atoms with Crippen LogP contribution in [-0.2, 0) is 16.9 Å². The average Bonchev–Trinajstić information content (AvgIpc) is 2.64. The number of hydrogen-bond donors (Lipinski definition) is 0. The van der Waals surface area contributed by atoms with E-state index in [1.165, 1.54) is 20.2 Å². The first-order valence-corrected chi connectivity index (χ1v) is 8.27. The van der Waals surface area contributed by atoms with E-state index in [1.807, 2.05) is 0 Å². The van der Waals surface area contributed by atoms with Gasteiger partial charge in [0.1, 0.15) is 22.3 Å². The Morgan fingerprint density at radius 1 is 1.33 bits per heavy atom. The molecule has 0 unspecified atom stereocenters. The summed E-state index contributed by atoms with van der Waals surface area (Å²) in [5.41, 5.74) is 0.0128. The Labute approximate surface area is 131 Å². The molecular formula is C12H11Cl2FN2O3S. The second kappa shape index (κ2) is 5.47. The predicted molar refractivity (Wildman–Crippen MR) is 78.3 cm³/mol. The van der Waals surface area contributed by atoms with Crippen LogP contribution >= 0.6 is 23.2 Å². The lowest BCUT2D eigenvalue weighted by molar-refractivity contribution is 0.414. The molecule has 21 heavy (non-hydrogen) atoms. The molecular weight excluding hydrogens is 342 g/mol. The normalized spacial score (nSPS) is 11.7. The van der Waals surface area contributed by atoms with Crippen LogP contribution in [0, 0.1) is 5.82 Å². The Hall–Kier alpha value is -1.31. The van der Waals surface area contributed by atoms with Gasteiger partial charge in [-0.05, 0) is 12.1 Å². The summed E-state index contributed by atoms with van der Waals surface area (Å²) in [5, 5.41) is 3.73. The molecule has 2 aromatic rings. The van der Waals surface area contributed by atoms with Crippen LogP contribution in [0.1, 0.15) is 0 Å². The van der Waals surface area contributed by atoms with Crippen LogP contribution in [0.15, 0.2) is 17.2 Å². The molecule has 5 nitrogen and oxygen atoms in total. The third-order valence-electron chi connectivity index (χ3n) is 2.79. The van der Waals surface area contributed by atoms with E-state index in [0.29, 0.717) is 0 Å². The predicted octanol–water partition coefficient (Wildman–Crippen LogP) is 2.95. The van der Waals surface area contributed by atoms with E-state index in [9.17, 15) is 12.8 Å². The summed E-state index contributed by atoms with van der Waals surface area (Å²) in [6.45, 7) is 0. The van der Waals surface area contributed by atoms with Gasteiger partial charge in [0.25, 0.3) is 0 Å². The molecule has 0 saturated carbocycles. The van der Waals surface area contributed by atoms with Gasteiger partial charge in [0.05, 0.1) is 12.1 Å². The number of aromatic nitrogens is 2. The van der Waals surface area contributed by atoms with E-state index in [1.54, 1.807) is 0 Å². The lowest BCUT2D eigenvalue weighted by Gasteiger charge is -2.06. The van der Waals surface area contributed by atoms with E-state index >= 15 is 0 Å². The van der Waals surface area contributed by atoms with Crippen molar-refractivity contribution in [2.45, 2.75) is 5.03 Å². The van der Waals surface area contributed by atoms with E-state index in [-0.39, 0.29) is 32.1 Å². The molecule has 1 aromatic carbocycles. The van der Waals surface area contributed by atoms with Crippen molar-refractivity contribution < 1.29 is 17.5 Å². The first kappa shape index (κ1) is 16.1. The molecule has 0 fully saturated rings. The van der Waals surface area contributed by atoms with Crippen LogP contribution in [0.5, 0.6) is 5.75 Å². The molecule has 0 bridgehead atoms. The van der Waals surface area contributed by atoms with Crippen LogP contribution < -0.4 is 4.74 Å². The minimum Gasteiger partial charge on any atom is -0.495 e. The van der Waals surface area contributed by atoms with Crippen molar-refractivity contribution >= 4 is 33.0 Å². The number of sulfone groups is 1. The molecule has 0 aliphatic carbocycles. The van der Waals surface area contributed by atoms with Gasteiger partial charge in [-0.25, -0.2) is 12.8 Å². The van der Waals surface area contributed by atoms with Gasteiger partial charge >= 0.3 is 0 Å². The minimum absolute atomic E-state index is 0.00625. The molecule has 0 aliphatic heterocycles. The summed E-state index contributed by atoms with van der Waals surface area (Å²) in [6, 6.07) is 2.37. The molecule has 9 heteroatoms. The fraction of sp³-hybridized carbons (Fsp3) is 0.250. The summed E-state index contributed by atoms with van der Waals surface area (Å²) in [6.07, 6.45) is 0.998. The second-order valence-corrected chi connectivity index (χ2v) is 7.05. The van der Waals surface area contributed by atoms with Crippen molar-refractivity contribution in [3.63, 3.8) is 0 Å². The fourth-order valence-electron chi connectivity index (χ4n) is 1.92. The number of hydrogen-bond acceptors (Lipinski definition) is 4. The van der Waals surface area contributed by atoms with Crippen molar-refractivity contribution in [3.05, 3.63) is 28.0 Å². The van der Waals surface area contributed by atoms with Gasteiger partial charge in [-0.1, -0.05) is 23.2 Å². The Bertz CT molecular complexity index is 818. The Morgan fingerprint density at radius 2 is 1.95 bits per heavy atom. The number of methoxy groups -OCH3 is 1. The maximum atomic E-state index is 14.1. The highest BCUT2D eigenvalue weighted by Crippen LogP contribution is 2.37. The molecule has 1 aromatic heterocycles. The number of aryl methyl sites for hydroxylation is 1. The number of benzene rings is 1. The maximum Gasteiger partial charge on any atom is 0.193 e. The van der Waals surface area contributed by atoms with Gasteiger partial charge in [0.15, 0.2) is 14.9 Å². The van der Waals surface area contributed by atoms with Crippen molar-refractivity contribution in [1.82, 2.24) is 9.78 Å². The van der Waals surface area contributed by atoms with Crippen LogP contribution in [0.2, 0.25) is 10.0 Å². The summed E-state index contributed by atoms with van der Waals surface area (Å²) >= 11 is 11.9. The highest BCUT2D eigenvalue weighted by Gasteiger charge is 2.25.